The molecule has 56 valence electrons. The molecule has 0 N–H and O–H groups in total. The van der Waals surface area contributed by atoms with Crippen molar-refractivity contribution in [2.45, 2.75) is 18.1 Å². The van der Waals surface area contributed by atoms with Crippen LogP contribution >= 0.6 is 11.8 Å². The predicted octanol–water partition coefficient (Wildman–Crippen LogP) is 1.96. The lowest BCUT2D eigenvalue weighted by molar-refractivity contribution is 0.0416. The van der Waals surface area contributed by atoms with Gasteiger partial charge in [-0.2, -0.15) is 17.0 Å². The number of rotatable bonds is 0. The van der Waals surface area contributed by atoms with E-state index < -0.39 is 0 Å². The number of hydrogen-bond donors (Lipinski definition) is 0. The first kappa shape index (κ1) is 6.14. The molecule has 0 aromatic carbocycles. The van der Waals surface area contributed by atoms with Gasteiger partial charge in [-0.3, -0.25) is 0 Å². The Balaban J connectivity index is 2.12. The largest absolute Gasteiger partial charge is 0.198 e. The first-order valence-corrected chi connectivity index (χ1v) is 5.10. The first-order chi connectivity index (χ1) is 5.33. The smallest absolute Gasteiger partial charge is 0.0768 e. The van der Waals surface area contributed by atoms with Gasteiger partial charge in [0.05, 0.1) is 11.5 Å². The monoisotopic (exact) mass is 163 g/mol. The first-order valence-electron chi connectivity index (χ1n) is 4.05. The lowest BCUT2D eigenvalue weighted by Crippen LogP contribution is -2.54. The predicted molar refractivity (Wildman–Crippen MR) is 45.1 cm³/mol. The van der Waals surface area contributed by atoms with Gasteiger partial charge >= 0.3 is 0 Å². The Labute approximate surface area is 70.5 Å². The molecule has 1 aliphatic heterocycles. The average molecular weight is 163 g/mol. The summed E-state index contributed by atoms with van der Waals surface area (Å²) in [5.74, 6) is 1.07. The molecule has 3 atom stereocenters. The second kappa shape index (κ2) is 1.51. The fourth-order valence-corrected chi connectivity index (χ4v) is 4.47. The molecule has 2 aliphatic carbocycles. The van der Waals surface area contributed by atoms with Crippen molar-refractivity contribution in [3.63, 3.8) is 0 Å². The minimum absolute atomic E-state index is 0.0527. The Bertz CT molecular complexity index is 290. The highest BCUT2D eigenvalue weighted by Gasteiger charge is 2.68. The van der Waals surface area contributed by atoms with Gasteiger partial charge in [0.25, 0.3) is 0 Å². The van der Waals surface area contributed by atoms with E-state index in [-0.39, 0.29) is 5.41 Å². The van der Waals surface area contributed by atoms with Gasteiger partial charge in [0.1, 0.15) is 0 Å². The van der Waals surface area contributed by atoms with Crippen molar-refractivity contribution in [2.75, 3.05) is 5.75 Å². The highest BCUT2D eigenvalue weighted by atomic mass is 32.2. The quantitative estimate of drug-likeness (QED) is 0.510. The van der Waals surface area contributed by atoms with E-state index in [0.717, 1.165) is 12.2 Å². The summed E-state index contributed by atoms with van der Waals surface area (Å²) in [7, 11) is 0. The molecule has 3 rings (SSSR count). The third-order valence-electron chi connectivity index (χ3n) is 3.66. The van der Waals surface area contributed by atoms with Gasteiger partial charge in [-0.05, 0) is 12.8 Å². The van der Waals surface area contributed by atoms with E-state index in [1.165, 1.54) is 6.42 Å². The van der Waals surface area contributed by atoms with E-state index in [9.17, 15) is 0 Å². The van der Waals surface area contributed by atoms with E-state index in [1.54, 1.807) is 0 Å². The van der Waals surface area contributed by atoms with Crippen LogP contribution in [0.4, 0.5) is 0 Å². The fraction of sp³-hybridized carbons (Fsp3) is 0.667. The summed E-state index contributed by atoms with van der Waals surface area (Å²) in [5.41, 5.74) is 0.392. The maximum Gasteiger partial charge on any atom is 0.0768 e. The van der Waals surface area contributed by atoms with Crippen LogP contribution in [0.2, 0.25) is 0 Å². The molecule has 1 saturated heterocycles. The number of nitriles is 1. The van der Waals surface area contributed by atoms with Crippen molar-refractivity contribution >= 4 is 11.8 Å². The maximum absolute atomic E-state index is 9.07. The molecule has 2 fully saturated rings. The average Bonchev–Trinajstić information content (AvgIpc) is 2.05. The maximum atomic E-state index is 9.07. The molecule has 0 amide bonds. The van der Waals surface area contributed by atoms with Crippen LogP contribution in [-0.2, 0) is 0 Å². The molecule has 11 heavy (non-hydrogen) atoms. The Morgan fingerprint density at radius 3 is 2.82 bits per heavy atom. The molecule has 0 bridgehead atoms. The van der Waals surface area contributed by atoms with Crippen molar-refractivity contribution in [3.8, 4) is 6.07 Å². The van der Waals surface area contributed by atoms with E-state index in [1.807, 2.05) is 11.8 Å². The zero-order chi connectivity index (χ0) is 7.53. The van der Waals surface area contributed by atoms with Crippen molar-refractivity contribution in [1.29, 1.82) is 5.26 Å². The fourth-order valence-electron chi connectivity index (χ4n) is 2.62. The van der Waals surface area contributed by atoms with Gasteiger partial charge in [-0.15, -0.1) is 0 Å². The van der Waals surface area contributed by atoms with Crippen molar-refractivity contribution in [1.82, 2.24) is 0 Å². The Morgan fingerprint density at radius 1 is 1.55 bits per heavy atom. The number of nitrogens with zero attached hydrogens (tertiary/aromatic N) is 1. The highest BCUT2D eigenvalue weighted by molar-refractivity contribution is 8.00. The van der Waals surface area contributed by atoms with E-state index in [4.69, 9.17) is 5.26 Å². The molecule has 3 aliphatic rings. The SMILES string of the molecule is N#CC12CCC13C=CC3SC2. The van der Waals surface area contributed by atoms with Crippen LogP contribution in [0.25, 0.3) is 0 Å². The molecule has 0 aromatic heterocycles. The highest BCUT2D eigenvalue weighted by Crippen LogP contribution is 2.72. The molecular formula is C9H9NS. The minimum atomic E-state index is 0.0527. The zero-order valence-corrected chi connectivity index (χ0v) is 7.03. The van der Waals surface area contributed by atoms with Crippen molar-refractivity contribution in [2.24, 2.45) is 10.8 Å². The molecule has 1 nitrogen and oxygen atoms in total. The summed E-state index contributed by atoms with van der Waals surface area (Å²) >= 11 is 1.98. The minimum Gasteiger partial charge on any atom is -0.198 e. The van der Waals surface area contributed by atoms with E-state index in [2.05, 4.69) is 18.2 Å². The summed E-state index contributed by atoms with van der Waals surface area (Å²) in [5, 5.41) is 9.76. The summed E-state index contributed by atoms with van der Waals surface area (Å²) in [6.45, 7) is 0. The molecule has 1 heterocycles. The third kappa shape index (κ3) is 0.411. The summed E-state index contributed by atoms with van der Waals surface area (Å²) < 4.78 is 0. The van der Waals surface area contributed by atoms with Gasteiger partial charge in [0.2, 0.25) is 0 Å². The van der Waals surface area contributed by atoms with Crippen molar-refractivity contribution < 1.29 is 0 Å². The molecular weight excluding hydrogens is 154 g/mol. The van der Waals surface area contributed by atoms with Gasteiger partial charge in [0, 0.05) is 16.4 Å². The van der Waals surface area contributed by atoms with Crippen LogP contribution in [0.15, 0.2) is 12.2 Å². The van der Waals surface area contributed by atoms with Gasteiger partial charge in [0.15, 0.2) is 0 Å². The van der Waals surface area contributed by atoms with Crippen LogP contribution in [0.5, 0.6) is 0 Å². The van der Waals surface area contributed by atoms with Crippen LogP contribution in [0.3, 0.4) is 0 Å². The Kier molecular flexibility index (Phi) is 0.845. The van der Waals surface area contributed by atoms with Crippen LogP contribution in [0.1, 0.15) is 12.8 Å². The molecule has 0 aromatic rings. The van der Waals surface area contributed by atoms with Crippen LogP contribution in [-0.4, -0.2) is 11.0 Å². The Morgan fingerprint density at radius 2 is 2.45 bits per heavy atom. The normalized spacial score (nSPS) is 56.8. The molecule has 0 radical (unpaired) electrons. The molecule has 3 unspecified atom stereocenters. The molecule has 1 spiro atoms. The van der Waals surface area contributed by atoms with Crippen LogP contribution in [0, 0.1) is 22.2 Å². The topological polar surface area (TPSA) is 23.8 Å². The molecule has 1 saturated carbocycles. The summed E-state index contributed by atoms with van der Waals surface area (Å²) in [6.07, 6.45) is 6.94. The van der Waals surface area contributed by atoms with E-state index >= 15 is 0 Å². The number of thioether (sulfide) groups is 1. The number of hydrogen-bond acceptors (Lipinski definition) is 2. The van der Waals surface area contributed by atoms with E-state index in [0.29, 0.717) is 10.7 Å². The lowest BCUT2D eigenvalue weighted by atomic mass is 9.46. The lowest BCUT2D eigenvalue weighted by Gasteiger charge is -2.55. The summed E-state index contributed by atoms with van der Waals surface area (Å²) in [4.78, 5) is 0. The van der Waals surface area contributed by atoms with Crippen molar-refractivity contribution in [3.05, 3.63) is 12.2 Å². The Hall–Kier alpha value is -0.420. The third-order valence-corrected chi connectivity index (χ3v) is 5.25. The number of allylic oxidation sites excluding steroid dienone is 1. The zero-order valence-electron chi connectivity index (χ0n) is 6.21. The second-order valence-electron chi connectivity index (χ2n) is 3.82. The van der Waals surface area contributed by atoms with Gasteiger partial charge in [-0.1, -0.05) is 12.2 Å². The summed E-state index contributed by atoms with van der Waals surface area (Å²) in [6, 6.07) is 2.53. The van der Waals surface area contributed by atoms with Gasteiger partial charge < -0.3 is 0 Å². The second-order valence-corrected chi connectivity index (χ2v) is 4.95. The van der Waals surface area contributed by atoms with Gasteiger partial charge in [-0.25, -0.2) is 0 Å². The standard InChI is InChI=1S/C9H9NS/c10-5-8-3-4-9(8)2-1-7(9)11-6-8/h1-2,7H,3-4,6H2. The van der Waals surface area contributed by atoms with Crippen LogP contribution < -0.4 is 0 Å². The molecule has 2 heteroatoms.